The topological polar surface area (TPSA) is 49.5 Å². The van der Waals surface area contributed by atoms with E-state index in [4.69, 9.17) is 5.73 Å². The lowest BCUT2D eigenvalue weighted by molar-refractivity contribution is 0.0960. The number of aliphatic hydroxyl groups excluding tert-OH is 1. The molecular weight excluding hydrogens is 236 g/mol. The number of rotatable bonds is 8. The standard InChI is InChI=1S/C16H28N2O/c1-4-13(2)11-18(3)12-16(19)15(17)10-14-8-6-5-7-9-14/h5-9,13,15-16,19H,4,10-12,17H2,1-3H3. The van der Waals surface area contributed by atoms with E-state index in [0.29, 0.717) is 12.5 Å². The van der Waals surface area contributed by atoms with Crippen molar-refractivity contribution in [2.75, 3.05) is 20.1 Å². The van der Waals surface area contributed by atoms with Crippen molar-refractivity contribution in [2.45, 2.75) is 38.8 Å². The van der Waals surface area contributed by atoms with Crippen LogP contribution in [0.5, 0.6) is 0 Å². The van der Waals surface area contributed by atoms with Gasteiger partial charge in [-0.25, -0.2) is 0 Å². The summed E-state index contributed by atoms with van der Waals surface area (Å²) in [7, 11) is 2.05. The Bertz CT molecular complexity index is 342. The third kappa shape index (κ3) is 6.19. The third-order valence-corrected chi connectivity index (χ3v) is 3.63. The van der Waals surface area contributed by atoms with Gasteiger partial charge in [0.1, 0.15) is 0 Å². The minimum absolute atomic E-state index is 0.207. The summed E-state index contributed by atoms with van der Waals surface area (Å²) in [6.07, 6.45) is 1.41. The lowest BCUT2D eigenvalue weighted by Crippen LogP contribution is -2.44. The minimum atomic E-state index is -0.478. The van der Waals surface area contributed by atoms with Crippen molar-refractivity contribution in [1.29, 1.82) is 0 Å². The van der Waals surface area contributed by atoms with Gasteiger partial charge in [-0.3, -0.25) is 0 Å². The number of nitrogens with two attached hydrogens (primary N) is 1. The Labute approximate surface area is 117 Å². The zero-order valence-electron chi connectivity index (χ0n) is 12.4. The molecule has 0 radical (unpaired) electrons. The van der Waals surface area contributed by atoms with Gasteiger partial charge in [0.2, 0.25) is 0 Å². The number of hydrogen-bond donors (Lipinski definition) is 2. The molecule has 19 heavy (non-hydrogen) atoms. The lowest BCUT2D eigenvalue weighted by atomic mass is 10.0. The zero-order valence-corrected chi connectivity index (χ0v) is 12.4. The van der Waals surface area contributed by atoms with Gasteiger partial charge in [-0.1, -0.05) is 50.6 Å². The molecule has 3 unspecified atom stereocenters. The highest BCUT2D eigenvalue weighted by Crippen LogP contribution is 2.07. The van der Waals surface area contributed by atoms with Crippen LogP contribution in [0, 0.1) is 5.92 Å². The number of likely N-dealkylation sites (N-methyl/N-ethyl adjacent to an activating group) is 1. The average Bonchev–Trinajstić information content (AvgIpc) is 2.39. The summed E-state index contributed by atoms with van der Waals surface area (Å²) in [5, 5.41) is 10.2. The van der Waals surface area contributed by atoms with Gasteiger partial charge in [-0.05, 0) is 24.9 Å². The van der Waals surface area contributed by atoms with E-state index in [1.165, 1.54) is 5.56 Å². The fourth-order valence-electron chi connectivity index (χ4n) is 2.21. The molecule has 0 aliphatic carbocycles. The van der Waals surface area contributed by atoms with Crippen molar-refractivity contribution in [1.82, 2.24) is 4.90 Å². The Balaban J connectivity index is 2.38. The summed E-state index contributed by atoms with van der Waals surface area (Å²) < 4.78 is 0. The van der Waals surface area contributed by atoms with Crippen LogP contribution in [0.1, 0.15) is 25.8 Å². The second kappa shape index (κ2) is 8.31. The smallest absolute Gasteiger partial charge is 0.0820 e. The summed E-state index contributed by atoms with van der Waals surface area (Å²) in [4.78, 5) is 2.17. The second-order valence-electron chi connectivity index (χ2n) is 5.66. The molecule has 0 aliphatic rings. The quantitative estimate of drug-likeness (QED) is 0.754. The molecule has 0 spiro atoms. The highest BCUT2D eigenvalue weighted by Gasteiger charge is 2.17. The van der Waals surface area contributed by atoms with Crippen LogP contribution in [0.15, 0.2) is 30.3 Å². The summed E-state index contributed by atoms with van der Waals surface area (Å²) in [5.41, 5.74) is 7.26. The first kappa shape index (κ1) is 16.2. The van der Waals surface area contributed by atoms with E-state index < -0.39 is 6.10 Å². The maximum atomic E-state index is 10.2. The summed E-state index contributed by atoms with van der Waals surface area (Å²) in [5.74, 6) is 0.655. The highest BCUT2D eigenvalue weighted by molar-refractivity contribution is 5.16. The fourth-order valence-corrected chi connectivity index (χ4v) is 2.21. The Kier molecular flexibility index (Phi) is 7.06. The number of benzene rings is 1. The van der Waals surface area contributed by atoms with E-state index in [0.717, 1.165) is 19.4 Å². The molecule has 108 valence electrons. The van der Waals surface area contributed by atoms with Crippen LogP contribution in [0.4, 0.5) is 0 Å². The van der Waals surface area contributed by atoms with E-state index in [1.807, 2.05) is 25.2 Å². The van der Waals surface area contributed by atoms with Crippen LogP contribution in [-0.4, -0.2) is 42.3 Å². The predicted octanol–water partition coefficient (Wildman–Crippen LogP) is 1.90. The van der Waals surface area contributed by atoms with E-state index >= 15 is 0 Å². The van der Waals surface area contributed by atoms with Crippen molar-refractivity contribution in [3.8, 4) is 0 Å². The second-order valence-corrected chi connectivity index (χ2v) is 5.66. The fraction of sp³-hybridized carbons (Fsp3) is 0.625. The predicted molar refractivity (Wildman–Crippen MR) is 81.1 cm³/mol. The Morgan fingerprint density at radius 2 is 1.84 bits per heavy atom. The SMILES string of the molecule is CCC(C)CN(C)CC(O)C(N)Cc1ccccc1. The van der Waals surface area contributed by atoms with Gasteiger partial charge >= 0.3 is 0 Å². The van der Waals surface area contributed by atoms with Crippen LogP contribution in [0.25, 0.3) is 0 Å². The summed E-state index contributed by atoms with van der Waals surface area (Å²) in [6.45, 7) is 6.06. The monoisotopic (exact) mass is 264 g/mol. The Hall–Kier alpha value is -0.900. The molecule has 3 atom stereocenters. The van der Waals surface area contributed by atoms with Crippen LogP contribution in [0.2, 0.25) is 0 Å². The van der Waals surface area contributed by atoms with Crippen LogP contribution >= 0.6 is 0 Å². The molecule has 0 aliphatic heterocycles. The third-order valence-electron chi connectivity index (χ3n) is 3.63. The molecule has 1 aromatic carbocycles. The van der Waals surface area contributed by atoms with Crippen molar-refractivity contribution < 1.29 is 5.11 Å². The first-order valence-corrected chi connectivity index (χ1v) is 7.19. The largest absolute Gasteiger partial charge is 0.390 e. The van der Waals surface area contributed by atoms with Gasteiger partial charge in [0.15, 0.2) is 0 Å². The van der Waals surface area contributed by atoms with Crippen molar-refractivity contribution in [2.24, 2.45) is 11.7 Å². The molecule has 1 rings (SSSR count). The molecule has 0 amide bonds. The van der Waals surface area contributed by atoms with E-state index in [-0.39, 0.29) is 6.04 Å². The Morgan fingerprint density at radius 3 is 2.42 bits per heavy atom. The van der Waals surface area contributed by atoms with Crippen LogP contribution in [-0.2, 0) is 6.42 Å². The van der Waals surface area contributed by atoms with Crippen molar-refractivity contribution >= 4 is 0 Å². The molecule has 3 heteroatoms. The summed E-state index contributed by atoms with van der Waals surface area (Å²) >= 11 is 0. The van der Waals surface area contributed by atoms with Gasteiger partial charge in [0.25, 0.3) is 0 Å². The lowest BCUT2D eigenvalue weighted by Gasteiger charge is -2.26. The number of aliphatic hydroxyl groups is 1. The first-order valence-electron chi connectivity index (χ1n) is 7.19. The summed E-state index contributed by atoms with van der Waals surface area (Å²) in [6, 6.07) is 9.89. The van der Waals surface area contributed by atoms with Gasteiger partial charge in [0.05, 0.1) is 6.10 Å². The average molecular weight is 264 g/mol. The van der Waals surface area contributed by atoms with E-state index in [1.54, 1.807) is 0 Å². The molecule has 3 N–H and O–H groups in total. The molecule has 0 aromatic heterocycles. The Morgan fingerprint density at radius 1 is 1.21 bits per heavy atom. The zero-order chi connectivity index (χ0) is 14.3. The molecule has 0 fully saturated rings. The van der Waals surface area contributed by atoms with Gasteiger partial charge < -0.3 is 15.7 Å². The van der Waals surface area contributed by atoms with E-state index in [2.05, 4.69) is 30.9 Å². The molecular formula is C16H28N2O. The first-order chi connectivity index (χ1) is 9.02. The van der Waals surface area contributed by atoms with E-state index in [9.17, 15) is 5.11 Å². The number of hydrogen-bond acceptors (Lipinski definition) is 3. The molecule has 0 bridgehead atoms. The molecule has 0 heterocycles. The van der Waals surface area contributed by atoms with Crippen molar-refractivity contribution in [3.63, 3.8) is 0 Å². The maximum absolute atomic E-state index is 10.2. The van der Waals surface area contributed by atoms with Crippen molar-refractivity contribution in [3.05, 3.63) is 35.9 Å². The molecule has 0 saturated carbocycles. The maximum Gasteiger partial charge on any atom is 0.0820 e. The van der Waals surface area contributed by atoms with Crippen LogP contribution < -0.4 is 5.73 Å². The molecule has 1 aromatic rings. The molecule has 0 saturated heterocycles. The van der Waals surface area contributed by atoms with Gasteiger partial charge in [-0.15, -0.1) is 0 Å². The van der Waals surface area contributed by atoms with Crippen LogP contribution in [0.3, 0.4) is 0 Å². The van der Waals surface area contributed by atoms with Gasteiger partial charge in [-0.2, -0.15) is 0 Å². The normalized spacial score (nSPS) is 16.3. The minimum Gasteiger partial charge on any atom is -0.390 e. The highest BCUT2D eigenvalue weighted by atomic mass is 16.3. The number of nitrogens with zero attached hydrogens (tertiary/aromatic N) is 1. The molecule has 3 nitrogen and oxygen atoms in total. The van der Waals surface area contributed by atoms with Gasteiger partial charge in [0, 0.05) is 19.1 Å².